The van der Waals surface area contributed by atoms with E-state index in [1.54, 1.807) is 0 Å². The molecule has 1 unspecified atom stereocenters. The number of nitrogens with two attached hydrogens (primary N) is 1. The van der Waals surface area contributed by atoms with Crippen LogP contribution >= 0.6 is 0 Å². The van der Waals surface area contributed by atoms with Gasteiger partial charge in [0.2, 0.25) is 0 Å². The molecule has 30 heavy (non-hydrogen) atoms. The Morgan fingerprint density at radius 1 is 0.633 bits per heavy atom. The molecule has 1 atom stereocenters. The Morgan fingerprint density at radius 2 is 1.10 bits per heavy atom. The molecule has 0 aliphatic heterocycles. The molecule has 1 aromatic carbocycles. The van der Waals surface area contributed by atoms with Crippen LogP contribution in [0.15, 0.2) is 30.3 Å². The van der Waals surface area contributed by atoms with Gasteiger partial charge in [-0.05, 0) is 37.2 Å². The lowest BCUT2D eigenvalue weighted by atomic mass is 9.72. The predicted molar refractivity (Wildman–Crippen MR) is 136 cm³/mol. The second kappa shape index (κ2) is 17.8. The first kappa shape index (κ1) is 27.2. The van der Waals surface area contributed by atoms with E-state index < -0.39 is 0 Å². The summed E-state index contributed by atoms with van der Waals surface area (Å²) in [5, 5.41) is 0. The molecule has 0 fully saturated rings. The Bertz CT molecular complexity index is 472. The van der Waals surface area contributed by atoms with Crippen molar-refractivity contribution < 1.29 is 0 Å². The van der Waals surface area contributed by atoms with Crippen molar-refractivity contribution in [3.05, 3.63) is 35.9 Å². The summed E-state index contributed by atoms with van der Waals surface area (Å²) in [5.74, 6) is 0.618. The standard InChI is InChI=1S/C29H53N/c1-4-7-10-11-12-13-14-15-16-20-23-28(26-27-21-18-17-19-22-27)29(30,24-8-5-2)25-9-6-3/h17-19,21-22,28H,4-16,20,23-26,30H2,1-3H3. The van der Waals surface area contributed by atoms with Crippen molar-refractivity contribution >= 4 is 0 Å². The first-order valence-corrected chi connectivity index (χ1v) is 13.5. The molecule has 0 saturated heterocycles. The van der Waals surface area contributed by atoms with E-state index in [1.807, 2.05) is 0 Å². The van der Waals surface area contributed by atoms with E-state index in [4.69, 9.17) is 5.73 Å². The number of benzene rings is 1. The number of rotatable bonds is 20. The van der Waals surface area contributed by atoms with Gasteiger partial charge in [-0.15, -0.1) is 0 Å². The molecule has 0 bridgehead atoms. The molecular weight excluding hydrogens is 362 g/mol. The van der Waals surface area contributed by atoms with E-state index in [2.05, 4.69) is 51.1 Å². The Morgan fingerprint density at radius 3 is 1.60 bits per heavy atom. The van der Waals surface area contributed by atoms with Crippen LogP contribution in [0.1, 0.15) is 135 Å². The Balaban J connectivity index is 2.52. The molecule has 0 aliphatic carbocycles. The van der Waals surface area contributed by atoms with Gasteiger partial charge in [-0.3, -0.25) is 0 Å². The second-order valence-corrected chi connectivity index (χ2v) is 9.80. The van der Waals surface area contributed by atoms with Gasteiger partial charge in [0, 0.05) is 5.54 Å². The molecule has 1 aromatic rings. The van der Waals surface area contributed by atoms with Crippen molar-refractivity contribution in [1.29, 1.82) is 0 Å². The zero-order valence-electron chi connectivity index (χ0n) is 20.8. The van der Waals surface area contributed by atoms with E-state index in [0.717, 1.165) is 6.42 Å². The lowest BCUT2D eigenvalue weighted by Gasteiger charge is -2.39. The Kier molecular flexibility index (Phi) is 16.2. The third-order valence-electron chi connectivity index (χ3n) is 7.04. The zero-order valence-corrected chi connectivity index (χ0v) is 20.8. The van der Waals surface area contributed by atoms with Crippen LogP contribution in [0.25, 0.3) is 0 Å². The molecule has 0 spiro atoms. The smallest absolute Gasteiger partial charge is 0.0186 e. The van der Waals surface area contributed by atoms with E-state index in [-0.39, 0.29) is 5.54 Å². The lowest BCUT2D eigenvalue weighted by molar-refractivity contribution is 0.205. The highest BCUT2D eigenvalue weighted by Crippen LogP contribution is 2.34. The third-order valence-corrected chi connectivity index (χ3v) is 7.04. The predicted octanol–water partition coefficient (Wildman–Crippen LogP) is 9.23. The molecule has 0 aromatic heterocycles. The average Bonchev–Trinajstić information content (AvgIpc) is 2.77. The van der Waals surface area contributed by atoms with Crippen LogP contribution in [-0.2, 0) is 6.42 Å². The van der Waals surface area contributed by atoms with Crippen LogP contribution in [0, 0.1) is 5.92 Å². The van der Waals surface area contributed by atoms with Crippen LogP contribution in [0.2, 0.25) is 0 Å². The molecule has 2 N–H and O–H groups in total. The molecule has 1 rings (SSSR count). The van der Waals surface area contributed by atoms with Gasteiger partial charge in [0.05, 0.1) is 0 Å². The van der Waals surface area contributed by atoms with Crippen molar-refractivity contribution in [2.45, 2.75) is 142 Å². The molecule has 174 valence electrons. The minimum absolute atomic E-state index is 0.0150. The minimum atomic E-state index is 0.0150. The summed E-state index contributed by atoms with van der Waals surface area (Å²) in [6.45, 7) is 6.90. The highest BCUT2D eigenvalue weighted by molar-refractivity contribution is 5.16. The third kappa shape index (κ3) is 12.1. The highest BCUT2D eigenvalue weighted by atomic mass is 14.8. The van der Waals surface area contributed by atoms with Gasteiger partial charge in [-0.25, -0.2) is 0 Å². The van der Waals surface area contributed by atoms with Crippen molar-refractivity contribution in [2.75, 3.05) is 0 Å². The van der Waals surface area contributed by atoms with Gasteiger partial charge in [0.15, 0.2) is 0 Å². The first-order chi connectivity index (χ1) is 14.7. The summed E-state index contributed by atoms with van der Waals surface area (Å²) in [4.78, 5) is 0. The topological polar surface area (TPSA) is 26.0 Å². The minimum Gasteiger partial charge on any atom is -0.325 e. The fourth-order valence-corrected chi connectivity index (χ4v) is 4.91. The molecule has 1 nitrogen and oxygen atoms in total. The normalized spacial score (nSPS) is 12.9. The van der Waals surface area contributed by atoms with Gasteiger partial charge in [0.1, 0.15) is 0 Å². The summed E-state index contributed by atoms with van der Waals surface area (Å²) >= 11 is 0. The van der Waals surface area contributed by atoms with Crippen molar-refractivity contribution in [3.8, 4) is 0 Å². The molecule has 1 heteroatoms. The number of hydrogen-bond acceptors (Lipinski definition) is 1. The zero-order chi connectivity index (χ0) is 21.9. The van der Waals surface area contributed by atoms with Crippen LogP contribution in [-0.4, -0.2) is 5.54 Å². The van der Waals surface area contributed by atoms with Crippen LogP contribution in [0.5, 0.6) is 0 Å². The molecule has 0 radical (unpaired) electrons. The SMILES string of the molecule is CCCCCCCCCCCCC(Cc1ccccc1)C(N)(CCCC)CCCC. The highest BCUT2D eigenvalue weighted by Gasteiger charge is 2.33. The second-order valence-electron chi connectivity index (χ2n) is 9.80. The molecular formula is C29H53N. The summed E-state index contributed by atoms with van der Waals surface area (Å²) in [6, 6.07) is 11.1. The van der Waals surface area contributed by atoms with Gasteiger partial charge < -0.3 is 5.73 Å². The summed E-state index contributed by atoms with van der Waals surface area (Å²) in [5.41, 5.74) is 8.67. The van der Waals surface area contributed by atoms with Crippen LogP contribution in [0.3, 0.4) is 0 Å². The summed E-state index contributed by atoms with van der Waals surface area (Å²) in [6.07, 6.45) is 24.0. The lowest BCUT2D eigenvalue weighted by Crippen LogP contribution is -2.48. The average molecular weight is 416 g/mol. The quantitative estimate of drug-likeness (QED) is 0.211. The van der Waals surface area contributed by atoms with E-state index in [0.29, 0.717) is 5.92 Å². The van der Waals surface area contributed by atoms with E-state index in [1.165, 1.54) is 115 Å². The van der Waals surface area contributed by atoms with Gasteiger partial charge >= 0.3 is 0 Å². The largest absolute Gasteiger partial charge is 0.325 e. The van der Waals surface area contributed by atoms with Crippen LogP contribution in [0.4, 0.5) is 0 Å². The number of unbranched alkanes of at least 4 members (excludes halogenated alkanes) is 11. The van der Waals surface area contributed by atoms with Gasteiger partial charge in [-0.2, -0.15) is 0 Å². The van der Waals surface area contributed by atoms with Gasteiger partial charge in [0.25, 0.3) is 0 Å². The maximum Gasteiger partial charge on any atom is 0.0186 e. The number of hydrogen-bond donors (Lipinski definition) is 1. The summed E-state index contributed by atoms with van der Waals surface area (Å²) in [7, 11) is 0. The van der Waals surface area contributed by atoms with Crippen LogP contribution < -0.4 is 5.73 Å². The summed E-state index contributed by atoms with van der Waals surface area (Å²) < 4.78 is 0. The maximum atomic E-state index is 7.18. The fraction of sp³-hybridized carbons (Fsp3) is 0.793. The van der Waals surface area contributed by atoms with E-state index >= 15 is 0 Å². The van der Waals surface area contributed by atoms with Crippen molar-refractivity contribution in [3.63, 3.8) is 0 Å². The Hall–Kier alpha value is -0.820. The Labute approximate surface area is 189 Å². The maximum absolute atomic E-state index is 7.18. The molecule has 0 amide bonds. The van der Waals surface area contributed by atoms with Crippen molar-refractivity contribution in [1.82, 2.24) is 0 Å². The molecule has 0 saturated carbocycles. The van der Waals surface area contributed by atoms with Crippen molar-refractivity contribution in [2.24, 2.45) is 11.7 Å². The van der Waals surface area contributed by atoms with E-state index in [9.17, 15) is 0 Å². The van der Waals surface area contributed by atoms with Gasteiger partial charge in [-0.1, -0.05) is 141 Å². The molecule has 0 aliphatic rings. The monoisotopic (exact) mass is 415 g/mol. The molecule has 0 heterocycles. The fourth-order valence-electron chi connectivity index (χ4n) is 4.91. The first-order valence-electron chi connectivity index (χ1n) is 13.5.